The highest BCUT2D eigenvalue weighted by Gasteiger charge is 2.17. The maximum absolute atomic E-state index is 12.4. The van der Waals surface area contributed by atoms with Gasteiger partial charge in [-0.2, -0.15) is 0 Å². The van der Waals surface area contributed by atoms with Gasteiger partial charge in [0, 0.05) is 17.8 Å². The third kappa shape index (κ3) is 3.77. The minimum atomic E-state index is -0.246. The molecule has 1 aliphatic heterocycles. The van der Waals surface area contributed by atoms with Crippen molar-refractivity contribution in [3.05, 3.63) is 71.8 Å². The molecule has 27 heavy (non-hydrogen) atoms. The first kappa shape index (κ1) is 17.1. The van der Waals surface area contributed by atoms with Crippen molar-refractivity contribution in [2.24, 2.45) is 0 Å². The van der Waals surface area contributed by atoms with E-state index in [9.17, 15) is 9.59 Å². The second-order valence-corrected chi connectivity index (χ2v) is 6.85. The molecule has 3 aromatic carbocycles. The van der Waals surface area contributed by atoms with Gasteiger partial charge in [-0.15, -0.1) is 0 Å². The molecule has 4 rings (SSSR count). The molecule has 0 spiro atoms. The Hall–Kier alpha value is -3.34. The van der Waals surface area contributed by atoms with Gasteiger partial charge in [-0.1, -0.05) is 42.5 Å². The fraction of sp³-hybridized carbons (Fsp3) is 0.182. The van der Waals surface area contributed by atoms with Crippen LogP contribution < -0.4 is 16.0 Å². The fourth-order valence-electron chi connectivity index (χ4n) is 3.39. The van der Waals surface area contributed by atoms with Crippen molar-refractivity contribution >= 4 is 34.1 Å². The molecule has 1 aliphatic rings. The summed E-state index contributed by atoms with van der Waals surface area (Å²) in [5.41, 5.74) is 3.74. The van der Waals surface area contributed by atoms with E-state index in [-0.39, 0.29) is 18.0 Å². The Bertz CT molecular complexity index is 1030. The number of hydrogen-bond donors (Lipinski definition) is 3. The molecule has 0 fully saturated rings. The van der Waals surface area contributed by atoms with Crippen LogP contribution in [0.3, 0.4) is 0 Å². The summed E-state index contributed by atoms with van der Waals surface area (Å²) in [6.07, 6.45) is 1.23. The first-order chi connectivity index (χ1) is 13.1. The van der Waals surface area contributed by atoms with Crippen LogP contribution in [0.25, 0.3) is 10.8 Å². The van der Waals surface area contributed by atoms with Crippen molar-refractivity contribution in [3.8, 4) is 0 Å². The molecule has 0 saturated heterocycles. The number of hydrogen-bond acceptors (Lipinski definition) is 2. The van der Waals surface area contributed by atoms with Crippen molar-refractivity contribution in [1.29, 1.82) is 0 Å². The molecule has 1 atom stereocenters. The van der Waals surface area contributed by atoms with Gasteiger partial charge in [0.2, 0.25) is 5.91 Å². The standard InChI is InChI=1S/C22H21N3O2/c1-14(16-7-10-20-18(12-16)8-11-21(26)25-20)23-22(27)24-19-9-6-15-4-2-3-5-17(15)13-19/h2-7,9-10,12-14H,8,11H2,1H3,(H,25,26)(H2,23,24,27). The molecule has 0 saturated carbocycles. The number of benzene rings is 3. The summed E-state index contributed by atoms with van der Waals surface area (Å²) < 4.78 is 0. The lowest BCUT2D eigenvalue weighted by Crippen LogP contribution is -2.31. The van der Waals surface area contributed by atoms with E-state index in [1.165, 1.54) is 0 Å². The van der Waals surface area contributed by atoms with Crippen LogP contribution in [0.1, 0.15) is 30.5 Å². The molecular weight excluding hydrogens is 338 g/mol. The lowest BCUT2D eigenvalue weighted by molar-refractivity contribution is -0.116. The number of aryl methyl sites for hydroxylation is 1. The monoisotopic (exact) mass is 359 g/mol. The second-order valence-electron chi connectivity index (χ2n) is 6.85. The van der Waals surface area contributed by atoms with Crippen molar-refractivity contribution in [2.75, 3.05) is 10.6 Å². The molecule has 3 aromatic rings. The number of urea groups is 1. The first-order valence-corrected chi connectivity index (χ1v) is 9.07. The van der Waals surface area contributed by atoms with Gasteiger partial charge in [0.1, 0.15) is 0 Å². The second kappa shape index (κ2) is 7.11. The molecular formula is C22H21N3O2. The van der Waals surface area contributed by atoms with Crippen LogP contribution in [0, 0.1) is 0 Å². The van der Waals surface area contributed by atoms with E-state index in [0.717, 1.165) is 39.7 Å². The fourth-order valence-corrected chi connectivity index (χ4v) is 3.39. The van der Waals surface area contributed by atoms with E-state index in [1.54, 1.807) is 0 Å². The first-order valence-electron chi connectivity index (χ1n) is 9.07. The predicted octanol–water partition coefficient (Wildman–Crippen LogP) is 4.61. The Kier molecular flexibility index (Phi) is 4.50. The van der Waals surface area contributed by atoms with Crippen molar-refractivity contribution < 1.29 is 9.59 Å². The average Bonchev–Trinajstić information content (AvgIpc) is 2.67. The number of carbonyl (C=O) groups excluding carboxylic acids is 2. The van der Waals surface area contributed by atoms with Crippen molar-refractivity contribution in [1.82, 2.24) is 5.32 Å². The molecule has 0 aliphatic carbocycles. The summed E-state index contributed by atoms with van der Waals surface area (Å²) in [7, 11) is 0. The van der Waals surface area contributed by atoms with E-state index >= 15 is 0 Å². The molecule has 0 aromatic heterocycles. The van der Waals surface area contributed by atoms with Crippen LogP contribution in [0.2, 0.25) is 0 Å². The molecule has 1 unspecified atom stereocenters. The number of nitrogens with one attached hydrogen (secondary N) is 3. The third-order valence-corrected chi connectivity index (χ3v) is 4.88. The van der Waals surface area contributed by atoms with Gasteiger partial charge in [-0.05, 0) is 53.4 Å². The van der Waals surface area contributed by atoms with Crippen LogP contribution in [0.4, 0.5) is 16.2 Å². The lowest BCUT2D eigenvalue weighted by Gasteiger charge is -2.20. The van der Waals surface area contributed by atoms with Gasteiger partial charge in [0.15, 0.2) is 0 Å². The predicted molar refractivity (Wildman–Crippen MR) is 108 cm³/mol. The highest BCUT2D eigenvalue weighted by molar-refractivity contribution is 5.94. The molecule has 1 heterocycles. The molecule has 0 radical (unpaired) electrons. The smallest absolute Gasteiger partial charge is 0.319 e. The van der Waals surface area contributed by atoms with E-state index < -0.39 is 0 Å². The van der Waals surface area contributed by atoms with Gasteiger partial charge >= 0.3 is 6.03 Å². The summed E-state index contributed by atoms with van der Waals surface area (Å²) in [5, 5.41) is 11.0. The number of anilines is 2. The van der Waals surface area contributed by atoms with Crippen LogP contribution in [0.15, 0.2) is 60.7 Å². The highest BCUT2D eigenvalue weighted by Crippen LogP contribution is 2.26. The average molecular weight is 359 g/mol. The summed E-state index contributed by atoms with van der Waals surface area (Å²) in [4.78, 5) is 23.9. The van der Waals surface area contributed by atoms with Crippen molar-refractivity contribution in [3.63, 3.8) is 0 Å². The number of amides is 3. The van der Waals surface area contributed by atoms with Crippen LogP contribution in [0.5, 0.6) is 0 Å². The maximum atomic E-state index is 12.4. The molecule has 3 amide bonds. The number of rotatable bonds is 3. The van der Waals surface area contributed by atoms with Gasteiger partial charge in [-0.3, -0.25) is 4.79 Å². The van der Waals surface area contributed by atoms with Crippen LogP contribution >= 0.6 is 0 Å². The van der Waals surface area contributed by atoms with Gasteiger partial charge < -0.3 is 16.0 Å². The minimum Gasteiger partial charge on any atom is -0.331 e. The maximum Gasteiger partial charge on any atom is 0.319 e. The zero-order valence-electron chi connectivity index (χ0n) is 15.1. The van der Waals surface area contributed by atoms with E-state index in [0.29, 0.717) is 6.42 Å². The highest BCUT2D eigenvalue weighted by atomic mass is 16.2. The van der Waals surface area contributed by atoms with Gasteiger partial charge in [-0.25, -0.2) is 4.79 Å². The Morgan fingerprint density at radius 2 is 1.81 bits per heavy atom. The van der Waals surface area contributed by atoms with Crippen LogP contribution in [-0.4, -0.2) is 11.9 Å². The van der Waals surface area contributed by atoms with Crippen LogP contribution in [-0.2, 0) is 11.2 Å². The van der Waals surface area contributed by atoms with Gasteiger partial charge in [0.25, 0.3) is 0 Å². The molecule has 136 valence electrons. The third-order valence-electron chi connectivity index (χ3n) is 4.88. The summed E-state index contributed by atoms with van der Waals surface area (Å²) in [6.45, 7) is 1.95. The zero-order chi connectivity index (χ0) is 18.8. The quantitative estimate of drug-likeness (QED) is 0.639. The minimum absolute atomic E-state index is 0.0520. The largest absolute Gasteiger partial charge is 0.331 e. The molecule has 3 N–H and O–H groups in total. The Labute approximate surface area is 157 Å². The number of fused-ring (bicyclic) bond motifs is 2. The van der Waals surface area contributed by atoms with E-state index in [1.807, 2.05) is 61.5 Å². The summed E-state index contributed by atoms with van der Waals surface area (Å²) >= 11 is 0. The Balaban J connectivity index is 1.43. The van der Waals surface area contributed by atoms with E-state index in [4.69, 9.17) is 0 Å². The topological polar surface area (TPSA) is 70.2 Å². The summed E-state index contributed by atoms with van der Waals surface area (Å²) in [6, 6.07) is 19.4. The van der Waals surface area contributed by atoms with Crippen molar-refractivity contribution in [2.45, 2.75) is 25.8 Å². The molecule has 5 nitrogen and oxygen atoms in total. The zero-order valence-corrected chi connectivity index (χ0v) is 15.1. The van der Waals surface area contributed by atoms with E-state index in [2.05, 4.69) is 22.0 Å². The Morgan fingerprint density at radius 3 is 2.67 bits per heavy atom. The normalized spacial score (nSPS) is 14.2. The lowest BCUT2D eigenvalue weighted by atomic mass is 9.98. The molecule has 0 bridgehead atoms. The number of carbonyl (C=O) groups is 2. The van der Waals surface area contributed by atoms with Gasteiger partial charge in [0.05, 0.1) is 6.04 Å². The summed E-state index contributed by atoms with van der Waals surface area (Å²) in [5.74, 6) is 0.0520. The SMILES string of the molecule is CC(NC(=O)Nc1ccc2ccccc2c1)c1ccc2c(c1)CCC(=O)N2. The Morgan fingerprint density at radius 1 is 1.00 bits per heavy atom. The molecule has 5 heteroatoms.